The Morgan fingerprint density at radius 1 is 0.892 bits per heavy atom. The summed E-state index contributed by atoms with van der Waals surface area (Å²) in [6.07, 6.45) is 0.302. The molecule has 0 saturated carbocycles. The number of hydrogen-bond donors (Lipinski definition) is 9. The second kappa shape index (κ2) is 13.3. The van der Waals surface area contributed by atoms with E-state index in [9.17, 15) is 28.8 Å². The Bertz CT molecular complexity index is 1180. The molecule has 2 aromatic rings. The maximum absolute atomic E-state index is 12.8. The maximum Gasteiger partial charge on any atom is 0.326 e. The van der Waals surface area contributed by atoms with Crippen molar-refractivity contribution in [3.8, 4) is 0 Å². The molecule has 200 valence electrons. The second-order valence-corrected chi connectivity index (χ2v) is 8.51. The summed E-state index contributed by atoms with van der Waals surface area (Å²) < 4.78 is 0. The number of carboxylic acid groups (broad SMARTS) is 2. The highest BCUT2D eigenvalue weighted by Crippen LogP contribution is 2.18. The Morgan fingerprint density at radius 2 is 1.49 bits per heavy atom. The van der Waals surface area contributed by atoms with E-state index in [0.717, 1.165) is 16.5 Å². The average molecular weight is 537 g/mol. The number of primary amides is 1. The number of aromatic nitrogens is 1. The lowest BCUT2D eigenvalue weighted by Gasteiger charge is -2.23. The van der Waals surface area contributed by atoms with Crippen molar-refractivity contribution in [2.75, 3.05) is 5.75 Å². The van der Waals surface area contributed by atoms with Gasteiger partial charge in [-0.15, -0.1) is 0 Å². The molecular formula is C22H28N6O8S. The number of nitrogens with one attached hydrogen (secondary N) is 4. The molecule has 1 aromatic heterocycles. The van der Waals surface area contributed by atoms with E-state index in [-0.39, 0.29) is 12.2 Å². The van der Waals surface area contributed by atoms with Crippen LogP contribution in [-0.2, 0) is 35.2 Å². The molecule has 0 fully saturated rings. The highest BCUT2D eigenvalue weighted by molar-refractivity contribution is 7.80. The lowest BCUT2D eigenvalue weighted by atomic mass is 10.0. The first-order valence-corrected chi connectivity index (χ1v) is 11.6. The van der Waals surface area contributed by atoms with Crippen LogP contribution in [0.5, 0.6) is 0 Å². The van der Waals surface area contributed by atoms with Crippen LogP contribution in [0.1, 0.15) is 18.4 Å². The SMILES string of the molecule is NC(=O)CC(NC(=O)C(N)Cc1c[nH]c2ccccc12)C(=O)NC(CS)C(=O)NC(CC(=O)O)C(=O)O. The number of carbonyl (C=O) groups excluding carboxylic acids is 4. The third-order valence-corrected chi connectivity index (χ3v) is 5.66. The van der Waals surface area contributed by atoms with Crippen LogP contribution in [-0.4, -0.2) is 80.7 Å². The van der Waals surface area contributed by atoms with Crippen molar-refractivity contribution in [1.82, 2.24) is 20.9 Å². The number of carbonyl (C=O) groups is 6. The first kappa shape index (κ1) is 29.1. The van der Waals surface area contributed by atoms with Crippen LogP contribution in [0, 0.1) is 0 Å². The molecule has 0 aliphatic heterocycles. The van der Waals surface area contributed by atoms with Gasteiger partial charge in [-0.1, -0.05) is 18.2 Å². The van der Waals surface area contributed by atoms with Gasteiger partial charge in [-0.25, -0.2) is 4.79 Å². The molecule has 15 heteroatoms. The van der Waals surface area contributed by atoms with Crippen LogP contribution in [0.25, 0.3) is 10.9 Å². The van der Waals surface area contributed by atoms with Crippen LogP contribution < -0.4 is 27.4 Å². The standard InChI is InChI=1S/C22H28N6O8S/c23-12(5-10-8-25-13-4-2-1-3-11(10)13)19(32)26-14(6-17(24)29)20(33)28-16(9-37)21(34)27-15(22(35)36)7-18(30)31/h1-4,8,12,14-16,25,37H,5-7,9,23H2,(H2,24,29)(H,26,32)(H,27,34)(H,28,33)(H,30,31)(H,35,36). The van der Waals surface area contributed by atoms with Gasteiger partial charge in [-0.2, -0.15) is 12.6 Å². The van der Waals surface area contributed by atoms with Crippen molar-refractivity contribution in [3.63, 3.8) is 0 Å². The molecule has 4 unspecified atom stereocenters. The molecule has 0 saturated heterocycles. The molecule has 4 amide bonds. The van der Waals surface area contributed by atoms with Gasteiger partial charge >= 0.3 is 11.9 Å². The number of fused-ring (bicyclic) bond motifs is 1. The fraction of sp³-hybridized carbons (Fsp3) is 0.364. The topological polar surface area (TPSA) is 247 Å². The van der Waals surface area contributed by atoms with E-state index in [1.807, 2.05) is 29.6 Å². The number of nitrogens with two attached hydrogens (primary N) is 2. The molecule has 2 rings (SSSR count). The fourth-order valence-corrected chi connectivity index (χ4v) is 3.69. The van der Waals surface area contributed by atoms with Crippen LogP contribution in [0.4, 0.5) is 0 Å². The summed E-state index contributed by atoms with van der Waals surface area (Å²) in [7, 11) is 0. The van der Waals surface area contributed by atoms with Crippen molar-refractivity contribution < 1.29 is 39.0 Å². The summed E-state index contributed by atoms with van der Waals surface area (Å²) in [5.74, 6) is -7.07. The van der Waals surface area contributed by atoms with Gasteiger partial charge in [0.05, 0.1) is 18.9 Å². The van der Waals surface area contributed by atoms with Gasteiger partial charge in [-0.05, 0) is 18.1 Å². The van der Waals surface area contributed by atoms with Gasteiger partial charge in [0, 0.05) is 22.9 Å². The molecule has 10 N–H and O–H groups in total. The van der Waals surface area contributed by atoms with E-state index in [1.54, 1.807) is 6.20 Å². The first-order valence-electron chi connectivity index (χ1n) is 11.0. The molecule has 0 bridgehead atoms. The molecule has 1 heterocycles. The Labute approximate surface area is 215 Å². The average Bonchev–Trinajstić information content (AvgIpc) is 3.23. The zero-order valence-corrected chi connectivity index (χ0v) is 20.4. The predicted molar refractivity (Wildman–Crippen MR) is 133 cm³/mol. The fourth-order valence-electron chi connectivity index (χ4n) is 3.43. The summed E-state index contributed by atoms with van der Waals surface area (Å²) in [5, 5.41) is 25.4. The first-order chi connectivity index (χ1) is 17.4. The molecule has 37 heavy (non-hydrogen) atoms. The van der Waals surface area contributed by atoms with Gasteiger partial charge in [0.25, 0.3) is 0 Å². The number of para-hydroxylation sites is 1. The summed E-state index contributed by atoms with van der Waals surface area (Å²) in [4.78, 5) is 74.6. The number of rotatable bonds is 14. The summed E-state index contributed by atoms with van der Waals surface area (Å²) >= 11 is 3.95. The number of aliphatic carboxylic acids is 2. The largest absolute Gasteiger partial charge is 0.481 e. The second-order valence-electron chi connectivity index (χ2n) is 8.14. The highest BCUT2D eigenvalue weighted by Gasteiger charge is 2.31. The lowest BCUT2D eigenvalue weighted by Crippen LogP contribution is -2.58. The minimum Gasteiger partial charge on any atom is -0.481 e. The Morgan fingerprint density at radius 3 is 2.08 bits per heavy atom. The van der Waals surface area contributed by atoms with E-state index in [2.05, 4.69) is 28.2 Å². The number of hydrogen-bond acceptors (Lipinski definition) is 8. The summed E-state index contributed by atoms with van der Waals surface area (Å²) in [6.45, 7) is 0. The van der Waals surface area contributed by atoms with Crippen molar-refractivity contribution in [2.45, 2.75) is 43.4 Å². The number of benzene rings is 1. The molecule has 0 aliphatic rings. The molecule has 0 radical (unpaired) electrons. The summed E-state index contributed by atoms with van der Waals surface area (Å²) in [6, 6.07) is 1.60. The highest BCUT2D eigenvalue weighted by atomic mass is 32.1. The monoisotopic (exact) mass is 536 g/mol. The minimum atomic E-state index is -1.76. The minimum absolute atomic E-state index is 0.114. The van der Waals surface area contributed by atoms with Gasteiger partial charge in [-0.3, -0.25) is 24.0 Å². The van der Waals surface area contributed by atoms with Crippen LogP contribution in [0.15, 0.2) is 30.5 Å². The quantitative estimate of drug-likeness (QED) is 0.119. The Kier molecular flexibility index (Phi) is 10.4. The Balaban J connectivity index is 2.07. The molecule has 0 spiro atoms. The normalized spacial score (nSPS) is 14.1. The number of thiol groups is 1. The van der Waals surface area contributed by atoms with Gasteiger partial charge in [0.15, 0.2) is 0 Å². The van der Waals surface area contributed by atoms with Crippen molar-refractivity contribution >= 4 is 59.1 Å². The molecule has 14 nitrogen and oxygen atoms in total. The van der Waals surface area contributed by atoms with E-state index in [1.165, 1.54) is 0 Å². The molecule has 0 aliphatic carbocycles. The van der Waals surface area contributed by atoms with E-state index >= 15 is 0 Å². The zero-order valence-electron chi connectivity index (χ0n) is 19.5. The predicted octanol–water partition coefficient (Wildman–Crippen LogP) is -2.14. The van der Waals surface area contributed by atoms with Crippen LogP contribution >= 0.6 is 12.6 Å². The number of carboxylic acids is 2. The molecule has 1 aromatic carbocycles. The zero-order chi connectivity index (χ0) is 27.7. The third-order valence-electron chi connectivity index (χ3n) is 5.30. The van der Waals surface area contributed by atoms with Gasteiger partial charge in [0.2, 0.25) is 23.6 Å². The van der Waals surface area contributed by atoms with Gasteiger partial charge in [0.1, 0.15) is 18.1 Å². The van der Waals surface area contributed by atoms with E-state index in [4.69, 9.17) is 21.7 Å². The number of aromatic amines is 1. The van der Waals surface area contributed by atoms with Crippen LogP contribution in [0.3, 0.4) is 0 Å². The van der Waals surface area contributed by atoms with Crippen molar-refractivity contribution in [2.24, 2.45) is 11.5 Å². The van der Waals surface area contributed by atoms with E-state index in [0.29, 0.717) is 0 Å². The summed E-state index contributed by atoms with van der Waals surface area (Å²) in [5.41, 5.74) is 12.8. The van der Waals surface area contributed by atoms with E-state index < -0.39 is 72.6 Å². The van der Waals surface area contributed by atoms with Gasteiger partial charge < -0.3 is 42.6 Å². The maximum atomic E-state index is 12.8. The number of amides is 4. The third kappa shape index (κ3) is 8.50. The smallest absolute Gasteiger partial charge is 0.326 e. The molecule has 4 atom stereocenters. The Hall–Kier alpha value is -4.11. The van der Waals surface area contributed by atoms with Crippen molar-refractivity contribution in [3.05, 3.63) is 36.0 Å². The lowest BCUT2D eigenvalue weighted by molar-refractivity contribution is -0.147. The number of H-pyrrole nitrogens is 1. The molecular weight excluding hydrogens is 508 g/mol. The van der Waals surface area contributed by atoms with Crippen LogP contribution in [0.2, 0.25) is 0 Å². The van der Waals surface area contributed by atoms with Crippen molar-refractivity contribution in [1.29, 1.82) is 0 Å².